The highest BCUT2D eigenvalue weighted by molar-refractivity contribution is 6.01. The van der Waals surface area contributed by atoms with E-state index in [1.165, 1.54) is 0 Å². The fourth-order valence-electron chi connectivity index (χ4n) is 3.69. The first-order chi connectivity index (χ1) is 15.1. The number of anilines is 2. The van der Waals surface area contributed by atoms with E-state index in [2.05, 4.69) is 30.2 Å². The number of ether oxygens (including phenoxy) is 1. The van der Waals surface area contributed by atoms with Crippen molar-refractivity contribution in [2.24, 2.45) is 7.05 Å². The van der Waals surface area contributed by atoms with Crippen LogP contribution in [0.15, 0.2) is 36.8 Å². The van der Waals surface area contributed by atoms with Gasteiger partial charge >= 0.3 is 5.97 Å². The molecular weight excluding hydrogens is 398 g/mol. The van der Waals surface area contributed by atoms with E-state index in [0.29, 0.717) is 11.3 Å². The number of esters is 1. The molecule has 3 heterocycles. The van der Waals surface area contributed by atoms with Gasteiger partial charge in [0, 0.05) is 33.2 Å². The lowest BCUT2D eigenvalue weighted by Crippen LogP contribution is -2.49. The van der Waals surface area contributed by atoms with Crippen molar-refractivity contribution < 1.29 is 14.3 Å². The summed E-state index contributed by atoms with van der Waals surface area (Å²) in [6, 6.07) is 6.87. The van der Waals surface area contributed by atoms with Gasteiger partial charge in [0.05, 0.1) is 36.0 Å². The molecule has 0 unspecified atom stereocenters. The Kier molecular flexibility index (Phi) is 6.08. The summed E-state index contributed by atoms with van der Waals surface area (Å²) in [6.07, 6.45) is 3.34. The number of carbonyl (C=O) groups excluding carboxylic acids is 2. The van der Waals surface area contributed by atoms with Crippen molar-refractivity contribution in [1.82, 2.24) is 24.6 Å². The molecular formula is C21H25N7O3. The van der Waals surface area contributed by atoms with Gasteiger partial charge in [-0.25, -0.2) is 14.8 Å². The highest BCUT2D eigenvalue weighted by Gasteiger charge is 2.23. The summed E-state index contributed by atoms with van der Waals surface area (Å²) in [5, 5.41) is 8.03. The summed E-state index contributed by atoms with van der Waals surface area (Å²) in [5.41, 5.74) is 1.61. The number of rotatable bonds is 6. The van der Waals surface area contributed by atoms with Crippen LogP contribution in [0.2, 0.25) is 0 Å². The lowest BCUT2D eigenvalue weighted by molar-refractivity contribution is -0.117. The van der Waals surface area contributed by atoms with Crippen LogP contribution < -0.4 is 10.2 Å². The maximum atomic E-state index is 12.6. The number of para-hydroxylation sites is 1. The summed E-state index contributed by atoms with van der Waals surface area (Å²) in [6.45, 7) is 5.21. The van der Waals surface area contributed by atoms with Gasteiger partial charge in [0.15, 0.2) is 5.65 Å². The molecule has 1 aromatic carbocycles. The van der Waals surface area contributed by atoms with Crippen molar-refractivity contribution in [3.63, 3.8) is 0 Å². The molecule has 10 nitrogen and oxygen atoms in total. The van der Waals surface area contributed by atoms with Crippen LogP contribution in [-0.4, -0.2) is 75.9 Å². The molecule has 0 saturated carbocycles. The largest absolute Gasteiger partial charge is 0.462 e. The Morgan fingerprint density at radius 2 is 1.90 bits per heavy atom. The first-order valence-corrected chi connectivity index (χ1v) is 10.2. The average Bonchev–Trinajstić information content (AvgIpc) is 3.16. The van der Waals surface area contributed by atoms with E-state index in [9.17, 15) is 9.59 Å². The van der Waals surface area contributed by atoms with Crippen molar-refractivity contribution in [2.45, 2.75) is 6.92 Å². The third-order valence-electron chi connectivity index (χ3n) is 5.24. The van der Waals surface area contributed by atoms with Gasteiger partial charge in [-0.15, -0.1) is 0 Å². The Hall–Kier alpha value is -3.53. The standard InChI is InChI=1S/C21H25N7O3/c1-3-31-21(30)15-6-4-5-7-17(15)25-18(29)13-27-8-10-28(11-9-27)20-16-12-24-26(2)19(16)22-14-23-20/h4-7,12,14H,3,8-11,13H2,1-2H3,(H,25,29). The number of aryl methyl sites for hydroxylation is 1. The smallest absolute Gasteiger partial charge is 0.340 e. The summed E-state index contributed by atoms with van der Waals surface area (Å²) in [7, 11) is 1.86. The molecule has 3 aromatic rings. The third-order valence-corrected chi connectivity index (χ3v) is 5.24. The van der Waals surface area contributed by atoms with E-state index < -0.39 is 5.97 Å². The Morgan fingerprint density at radius 3 is 2.68 bits per heavy atom. The second-order valence-corrected chi connectivity index (χ2v) is 7.28. The van der Waals surface area contributed by atoms with Crippen molar-refractivity contribution in [2.75, 3.05) is 49.5 Å². The molecule has 1 aliphatic rings. The summed E-state index contributed by atoms with van der Waals surface area (Å²) >= 11 is 0. The molecule has 1 aliphatic heterocycles. The van der Waals surface area contributed by atoms with E-state index >= 15 is 0 Å². The first-order valence-electron chi connectivity index (χ1n) is 10.2. The van der Waals surface area contributed by atoms with Crippen LogP contribution in [0.5, 0.6) is 0 Å². The minimum Gasteiger partial charge on any atom is -0.462 e. The highest BCUT2D eigenvalue weighted by atomic mass is 16.5. The molecule has 4 rings (SSSR count). The van der Waals surface area contributed by atoms with Gasteiger partial charge in [0.25, 0.3) is 0 Å². The number of fused-ring (bicyclic) bond motifs is 1. The van der Waals surface area contributed by atoms with E-state index in [1.807, 2.05) is 7.05 Å². The number of nitrogens with zero attached hydrogens (tertiary/aromatic N) is 6. The second kappa shape index (κ2) is 9.09. The Labute approximate surface area is 179 Å². The fourth-order valence-corrected chi connectivity index (χ4v) is 3.69. The first kappa shape index (κ1) is 20.7. The lowest BCUT2D eigenvalue weighted by atomic mass is 10.1. The number of carbonyl (C=O) groups is 2. The Morgan fingerprint density at radius 1 is 1.13 bits per heavy atom. The molecule has 0 spiro atoms. The molecule has 2 aromatic heterocycles. The predicted octanol–water partition coefficient (Wildman–Crippen LogP) is 1.30. The van der Waals surface area contributed by atoms with E-state index in [-0.39, 0.29) is 19.1 Å². The SMILES string of the molecule is CCOC(=O)c1ccccc1NC(=O)CN1CCN(c2ncnc3c2cnn3C)CC1. The zero-order valence-electron chi connectivity index (χ0n) is 17.6. The van der Waals surface area contributed by atoms with Crippen molar-refractivity contribution in [1.29, 1.82) is 0 Å². The van der Waals surface area contributed by atoms with Gasteiger partial charge in [0.1, 0.15) is 12.1 Å². The van der Waals surface area contributed by atoms with Crippen LogP contribution in [-0.2, 0) is 16.6 Å². The molecule has 1 saturated heterocycles. The quantitative estimate of drug-likeness (QED) is 0.592. The Bertz CT molecular complexity index is 1090. The molecule has 1 amide bonds. The zero-order chi connectivity index (χ0) is 21.8. The van der Waals surface area contributed by atoms with Gasteiger partial charge < -0.3 is 15.0 Å². The van der Waals surface area contributed by atoms with Crippen LogP contribution in [0.1, 0.15) is 17.3 Å². The Balaban J connectivity index is 1.35. The number of hydrogen-bond donors (Lipinski definition) is 1. The third kappa shape index (κ3) is 4.48. The number of hydrogen-bond acceptors (Lipinski definition) is 8. The minimum atomic E-state index is -0.446. The van der Waals surface area contributed by atoms with Crippen LogP contribution >= 0.6 is 0 Å². The molecule has 0 atom stereocenters. The van der Waals surface area contributed by atoms with Crippen molar-refractivity contribution >= 4 is 34.4 Å². The van der Waals surface area contributed by atoms with E-state index in [0.717, 1.165) is 43.0 Å². The monoisotopic (exact) mass is 423 g/mol. The zero-order valence-corrected chi connectivity index (χ0v) is 17.6. The van der Waals surface area contributed by atoms with Gasteiger partial charge in [-0.1, -0.05) is 12.1 Å². The minimum absolute atomic E-state index is 0.165. The molecule has 0 bridgehead atoms. The lowest BCUT2D eigenvalue weighted by Gasteiger charge is -2.35. The highest BCUT2D eigenvalue weighted by Crippen LogP contribution is 2.23. The van der Waals surface area contributed by atoms with Crippen LogP contribution in [0.25, 0.3) is 11.0 Å². The number of piperazine rings is 1. The normalized spacial score (nSPS) is 14.6. The van der Waals surface area contributed by atoms with Gasteiger partial charge in [-0.05, 0) is 19.1 Å². The molecule has 10 heteroatoms. The van der Waals surface area contributed by atoms with Crippen molar-refractivity contribution in [3.8, 4) is 0 Å². The maximum Gasteiger partial charge on any atom is 0.340 e. The molecule has 0 radical (unpaired) electrons. The summed E-state index contributed by atoms with van der Waals surface area (Å²) in [5.74, 6) is 0.256. The van der Waals surface area contributed by atoms with Gasteiger partial charge in [-0.3, -0.25) is 14.4 Å². The average molecular weight is 423 g/mol. The number of amides is 1. The van der Waals surface area contributed by atoms with Gasteiger partial charge in [-0.2, -0.15) is 5.10 Å². The number of nitrogens with one attached hydrogen (secondary N) is 1. The van der Waals surface area contributed by atoms with E-state index in [4.69, 9.17) is 4.74 Å². The van der Waals surface area contributed by atoms with E-state index in [1.54, 1.807) is 48.4 Å². The molecule has 0 aliphatic carbocycles. The summed E-state index contributed by atoms with van der Waals surface area (Å²) in [4.78, 5) is 37.7. The molecule has 162 valence electrons. The maximum absolute atomic E-state index is 12.6. The number of aromatic nitrogens is 4. The van der Waals surface area contributed by atoms with Gasteiger partial charge in [0.2, 0.25) is 5.91 Å². The summed E-state index contributed by atoms with van der Waals surface area (Å²) < 4.78 is 6.79. The molecule has 1 fully saturated rings. The predicted molar refractivity (Wildman–Crippen MR) is 116 cm³/mol. The van der Waals surface area contributed by atoms with Crippen molar-refractivity contribution in [3.05, 3.63) is 42.4 Å². The topological polar surface area (TPSA) is 105 Å². The molecule has 31 heavy (non-hydrogen) atoms. The van der Waals surface area contributed by atoms with Crippen LogP contribution in [0.3, 0.4) is 0 Å². The number of benzene rings is 1. The second-order valence-electron chi connectivity index (χ2n) is 7.28. The van der Waals surface area contributed by atoms with Crippen LogP contribution in [0, 0.1) is 0 Å². The fraction of sp³-hybridized carbons (Fsp3) is 0.381. The molecule has 1 N–H and O–H groups in total. The van der Waals surface area contributed by atoms with Crippen LogP contribution in [0.4, 0.5) is 11.5 Å².